The summed E-state index contributed by atoms with van der Waals surface area (Å²) in [6.07, 6.45) is 6.24. The summed E-state index contributed by atoms with van der Waals surface area (Å²) >= 11 is 0. The Bertz CT molecular complexity index is 385. The van der Waals surface area contributed by atoms with Crippen LogP contribution in [0.25, 0.3) is 5.57 Å². The summed E-state index contributed by atoms with van der Waals surface area (Å²) in [5, 5.41) is 0. The van der Waals surface area contributed by atoms with Crippen LogP contribution in [0.3, 0.4) is 0 Å². The fourth-order valence-corrected chi connectivity index (χ4v) is 2.56. The molecule has 0 spiro atoms. The highest BCUT2D eigenvalue weighted by Gasteiger charge is 2.18. The van der Waals surface area contributed by atoms with Gasteiger partial charge in [0.05, 0.1) is 0 Å². The molecule has 80 valence electrons. The Morgan fingerprint density at radius 1 is 1.27 bits per heavy atom. The van der Waals surface area contributed by atoms with Gasteiger partial charge in [-0.15, -0.1) is 0 Å². The second kappa shape index (κ2) is 4.22. The topological polar surface area (TPSA) is 0 Å². The number of allylic oxidation sites excluding steroid dienone is 2. The predicted octanol–water partition coefficient (Wildman–Crippen LogP) is 4.69. The van der Waals surface area contributed by atoms with E-state index in [1.54, 1.807) is 5.56 Å². The van der Waals surface area contributed by atoms with Gasteiger partial charge in [-0.25, -0.2) is 0 Å². The van der Waals surface area contributed by atoms with Crippen molar-refractivity contribution in [1.29, 1.82) is 0 Å². The molecule has 0 aromatic heterocycles. The van der Waals surface area contributed by atoms with Crippen LogP contribution in [0.5, 0.6) is 0 Å². The average Bonchev–Trinajstić information content (AvgIpc) is 2.22. The van der Waals surface area contributed by atoms with Crippen molar-refractivity contribution < 1.29 is 0 Å². The lowest BCUT2D eigenvalue weighted by molar-refractivity contribution is 0.614. The van der Waals surface area contributed by atoms with Crippen molar-refractivity contribution in [1.82, 2.24) is 0 Å². The van der Waals surface area contributed by atoms with Crippen molar-refractivity contribution in [2.45, 2.75) is 46.0 Å². The zero-order valence-electron chi connectivity index (χ0n) is 10.0. The zero-order valence-corrected chi connectivity index (χ0v) is 10.0. The van der Waals surface area contributed by atoms with Crippen molar-refractivity contribution in [2.24, 2.45) is 0 Å². The third-order valence-electron chi connectivity index (χ3n) is 3.42. The molecule has 1 aromatic carbocycles. The van der Waals surface area contributed by atoms with Crippen LogP contribution in [-0.4, -0.2) is 0 Å². The van der Waals surface area contributed by atoms with Gasteiger partial charge in [-0.05, 0) is 49.3 Å². The van der Waals surface area contributed by atoms with Crippen LogP contribution < -0.4 is 0 Å². The lowest BCUT2D eigenvalue weighted by Gasteiger charge is -2.24. The standard InChI is InChI=1S/C15H20/c1-4-5-13-8-7-12(3)14-9-6-11(2)10-15(13)14/h6-7,9-10,13H,4-5,8H2,1-3H3. The smallest absolute Gasteiger partial charge is 0.0121 e. The number of hydrogen-bond acceptors (Lipinski definition) is 0. The first kappa shape index (κ1) is 10.5. The molecule has 0 saturated heterocycles. The van der Waals surface area contributed by atoms with Crippen LogP contribution >= 0.6 is 0 Å². The molecule has 1 unspecified atom stereocenters. The third-order valence-corrected chi connectivity index (χ3v) is 3.42. The molecular weight excluding hydrogens is 180 g/mol. The fraction of sp³-hybridized carbons (Fsp3) is 0.467. The summed E-state index contributed by atoms with van der Waals surface area (Å²) in [6.45, 7) is 6.70. The minimum atomic E-state index is 0.758. The van der Waals surface area contributed by atoms with E-state index in [2.05, 4.69) is 45.0 Å². The van der Waals surface area contributed by atoms with Crippen molar-refractivity contribution in [3.8, 4) is 0 Å². The number of rotatable bonds is 2. The van der Waals surface area contributed by atoms with E-state index in [1.807, 2.05) is 0 Å². The Hall–Kier alpha value is -1.04. The quantitative estimate of drug-likeness (QED) is 0.650. The molecule has 0 nitrogen and oxygen atoms in total. The summed E-state index contributed by atoms with van der Waals surface area (Å²) in [6, 6.07) is 6.90. The van der Waals surface area contributed by atoms with Gasteiger partial charge in [0.1, 0.15) is 0 Å². The van der Waals surface area contributed by atoms with Crippen LogP contribution in [0.2, 0.25) is 0 Å². The Morgan fingerprint density at radius 2 is 2.07 bits per heavy atom. The molecular formula is C15H20. The second-order valence-electron chi connectivity index (χ2n) is 4.70. The monoisotopic (exact) mass is 200 g/mol. The van der Waals surface area contributed by atoms with Crippen molar-refractivity contribution in [3.05, 3.63) is 41.0 Å². The molecule has 0 N–H and O–H groups in total. The molecule has 1 aliphatic rings. The maximum absolute atomic E-state index is 2.40. The van der Waals surface area contributed by atoms with E-state index < -0.39 is 0 Å². The van der Waals surface area contributed by atoms with Gasteiger partial charge >= 0.3 is 0 Å². The molecule has 1 aromatic rings. The number of fused-ring (bicyclic) bond motifs is 1. The summed E-state index contributed by atoms with van der Waals surface area (Å²) in [7, 11) is 0. The first-order chi connectivity index (χ1) is 7.22. The van der Waals surface area contributed by atoms with Crippen molar-refractivity contribution >= 4 is 5.57 Å². The Labute approximate surface area is 93.0 Å². The number of hydrogen-bond donors (Lipinski definition) is 0. The molecule has 0 bridgehead atoms. The molecule has 15 heavy (non-hydrogen) atoms. The largest absolute Gasteiger partial charge is 0.0804 e. The second-order valence-corrected chi connectivity index (χ2v) is 4.70. The van der Waals surface area contributed by atoms with Crippen LogP contribution in [-0.2, 0) is 0 Å². The Balaban J connectivity index is 2.43. The highest BCUT2D eigenvalue weighted by atomic mass is 14.2. The van der Waals surface area contributed by atoms with Gasteiger partial charge in [0.15, 0.2) is 0 Å². The molecule has 0 heterocycles. The summed E-state index contributed by atoms with van der Waals surface area (Å²) in [5.41, 5.74) is 5.91. The molecule has 1 atom stereocenters. The number of aryl methyl sites for hydroxylation is 1. The van der Waals surface area contributed by atoms with Gasteiger partial charge in [-0.2, -0.15) is 0 Å². The highest BCUT2D eigenvalue weighted by molar-refractivity contribution is 5.69. The summed E-state index contributed by atoms with van der Waals surface area (Å²) in [4.78, 5) is 0. The van der Waals surface area contributed by atoms with E-state index in [0.717, 1.165) is 5.92 Å². The van der Waals surface area contributed by atoms with E-state index in [4.69, 9.17) is 0 Å². The lowest BCUT2D eigenvalue weighted by atomic mass is 9.80. The van der Waals surface area contributed by atoms with Crippen LogP contribution in [0.1, 0.15) is 55.7 Å². The van der Waals surface area contributed by atoms with E-state index in [1.165, 1.54) is 36.0 Å². The van der Waals surface area contributed by atoms with Crippen LogP contribution in [0.15, 0.2) is 24.3 Å². The van der Waals surface area contributed by atoms with Gasteiger partial charge in [-0.3, -0.25) is 0 Å². The van der Waals surface area contributed by atoms with Gasteiger partial charge in [-0.1, -0.05) is 43.2 Å². The normalized spacial score (nSPS) is 19.7. The molecule has 0 aliphatic heterocycles. The maximum atomic E-state index is 2.40. The Morgan fingerprint density at radius 3 is 2.80 bits per heavy atom. The molecule has 0 saturated carbocycles. The third kappa shape index (κ3) is 1.99. The zero-order chi connectivity index (χ0) is 10.8. The first-order valence-electron chi connectivity index (χ1n) is 6.00. The minimum absolute atomic E-state index is 0.758. The van der Waals surface area contributed by atoms with Crippen LogP contribution in [0, 0.1) is 6.92 Å². The molecule has 1 aliphatic carbocycles. The van der Waals surface area contributed by atoms with Gasteiger partial charge < -0.3 is 0 Å². The highest BCUT2D eigenvalue weighted by Crippen LogP contribution is 2.37. The van der Waals surface area contributed by atoms with Gasteiger partial charge in [0.25, 0.3) is 0 Å². The van der Waals surface area contributed by atoms with E-state index in [9.17, 15) is 0 Å². The van der Waals surface area contributed by atoms with Gasteiger partial charge in [0.2, 0.25) is 0 Å². The molecule has 0 heteroatoms. The van der Waals surface area contributed by atoms with Crippen molar-refractivity contribution in [3.63, 3.8) is 0 Å². The maximum Gasteiger partial charge on any atom is -0.0121 e. The van der Waals surface area contributed by atoms with E-state index in [0.29, 0.717) is 0 Å². The molecule has 0 amide bonds. The summed E-state index contributed by atoms with van der Waals surface area (Å²) in [5.74, 6) is 0.758. The van der Waals surface area contributed by atoms with Crippen molar-refractivity contribution in [2.75, 3.05) is 0 Å². The lowest BCUT2D eigenvalue weighted by Crippen LogP contribution is -2.06. The summed E-state index contributed by atoms with van der Waals surface area (Å²) < 4.78 is 0. The predicted molar refractivity (Wildman–Crippen MR) is 67.1 cm³/mol. The average molecular weight is 200 g/mol. The number of benzene rings is 1. The molecule has 2 rings (SSSR count). The van der Waals surface area contributed by atoms with Gasteiger partial charge in [0, 0.05) is 0 Å². The Kier molecular flexibility index (Phi) is 2.95. The fourth-order valence-electron chi connectivity index (χ4n) is 2.56. The molecule has 0 fully saturated rings. The van der Waals surface area contributed by atoms with E-state index in [-0.39, 0.29) is 0 Å². The van der Waals surface area contributed by atoms with Crippen LogP contribution in [0.4, 0.5) is 0 Å². The minimum Gasteiger partial charge on any atom is -0.0804 e. The molecule has 0 radical (unpaired) electrons. The SMILES string of the molecule is CCCC1CC=C(C)c2ccc(C)cc21. The first-order valence-corrected chi connectivity index (χ1v) is 6.00. The van der Waals surface area contributed by atoms with E-state index >= 15 is 0 Å².